The summed E-state index contributed by atoms with van der Waals surface area (Å²) in [7, 11) is 0. The van der Waals surface area contributed by atoms with Crippen molar-refractivity contribution < 1.29 is 9.18 Å². The molecule has 12 heavy (non-hydrogen) atoms. The van der Waals surface area contributed by atoms with Gasteiger partial charge in [-0.15, -0.1) is 0 Å². The van der Waals surface area contributed by atoms with E-state index in [-0.39, 0.29) is 12.7 Å². The van der Waals surface area contributed by atoms with Crippen molar-refractivity contribution in [1.82, 2.24) is 0 Å². The van der Waals surface area contributed by atoms with Gasteiger partial charge in [-0.3, -0.25) is 4.79 Å². The van der Waals surface area contributed by atoms with Crippen molar-refractivity contribution in [3.8, 4) is 0 Å². The molecule has 0 N–H and O–H groups in total. The molecule has 64 valence electrons. The number of carbonyl (C=O) groups excluding carboxylic acids is 1. The molecule has 0 amide bonds. The Bertz CT molecular complexity index is 258. The molecule has 0 aliphatic heterocycles. The Kier molecular flexibility index (Phi) is 2.82. The number of aldehydes is 1. The molecule has 0 saturated heterocycles. The van der Waals surface area contributed by atoms with Gasteiger partial charge in [-0.2, -0.15) is 0 Å². The van der Waals surface area contributed by atoms with Crippen molar-refractivity contribution in [1.29, 1.82) is 0 Å². The lowest BCUT2D eigenvalue weighted by Gasteiger charge is -2.08. The topological polar surface area (TPSA) is 17.1 Å². The fourth-order valence-corrected chi connectivity index (χ4v) is 1.06. The maximum atomic E-state index is 12.9. The number of hydrogen-bond donors (Lipinski definition) is 0. The van der Waals surface area contributed by atoms with E-state index in [2.05, 4.69) is 0 Å². The molecule has 1 nitrogen and oxygen atoms in total. The molecule has 1 unspecified atom stereocenters. The Morgan fingerprint density at radius 2 is 2.00 bits per heavy atom. The molecule has 0 radical (unpaired) electrons. The van der Waals surface area contributed by atoms with Crippen molar-refractivity contribution in [2.75, 3.05) is 0 Å². The Balaban J connectivity index is 2.70. The smallest absolute Gasteiger partial charge is 0.242 e. The van der Waals surface area contributed by atoms with E-state index in [1.165, 1.54) is 0 Å². The van der Waals surface area contributed by atoms with Gasteiger partial charge in [0.15, 0.2) is 6.29 Å². The average Bonchev–Trinajstić information content (AvgIpc) is 2.06. The molecule has 0 aliphatic rings. The SMILES string of the molecule is O=CC(F)(Cl)Cc1ccccc1. The van der Waals surface area contributed by atoms with Crippen molar-refractivity contribution in [3.63, 3.8) is 0 Å². The van der Waals surface area contributed by atoms with Crippen LogP contribution < -0.4 is 0 Å². The molecule has 0 heterocycles. The van der Waals surface area contributed by atoms with Gasteiger partial charge in [-0.1, -0.05) is 41.9 Å². The minimum absolute atomic E-state index is 0.0844. The second kappa shape index (κ2) is 3.68. The summed E-state index contributed by atoms with van der Waals surface area (Å²) in [6.07, 6.45) is 0.0282. The number of rotatable bonds is 3. The van der Waals surface area contributed by atoms with Crippen molar-refractivity contribution in [2.45, 2.75) is 11.5 Å². The van der Waals surface area contributed by atoms with Crippen LogP contribution in [0.5, 0.6) is 0 Å². The molecule has 0 bridgehead atoms. The third kappa shape index (κ3) is 2.62. The lowest BCUT2D eigenvalue weighted by atomic mass is 10.1. The summed E-state index contributed by atoms with van der Waals surface area (Å²) in [6.45, 7) is 0. The van der Waals surface area contributed by atoms with E-state index < -0.39 is 5.13 Å². The Hall–Kier alpha value is -0.890. The first-order valence-corrected chi connectivity index (χ1v) is 3.90. The molecule has 1 aromatic carbocycles. The van der Waals surface area contributed by atoms with Crippen LogP contribution in [0.3, 0.4) is 0 Å². The number of hydrogen-bond acceptors (Lipinski definition) is 1. The lowest BCUT2D eigenvalue weighted by Crippen LogP contribution is -2.19. The van der Waals surface area contributed by atoms with Crippen LogP contribution in [0.2, 0.25) is 0 Å². The Labute approximate surface area is 75.2 Å². The normalized spacial score (nSPS) is 15.2. The van der Waals surface area contributed by atoms with E-state index in [9.17, 15) is 9.18 Å². The number of halogens is 2. The second-order valence-electron chi connectivity index (χ2n) is 2.54. The first kappa shape index (κ1) is 9.20. The van der Waals surface area contributed by atoms with E-state index in [0.29, 0.717) is 5.56 Å². The van der Waals surface area contributed by atoms with E-state index in [4.69, 9.17) is 11.6 Å². The van der Waals surface area contributed by atoms with Gasteiger partial charge < -0.3 is 0 Å². The zero-order valence-electron chi connectivity index (χ0n) is 6.34. The van der Waals surface area contributed by atoms with Crippen molar-refractivity contribution in [2.24, 2.45) is 0 Å². The van der Waals surface area contributed by atoms with Crippen molar-refractivity contribution in [3.05, 3.63) is 35.9 Å². The van der Waals surface area contributed by atoms with Crippen LogP contribution in [-0.4, -0.2) is 11.4 Å². The molecular formula is C9H8ClFO. The van der Waals surface area contributed by atoms with Gasteiger partial charge in [-0.25, -0.2) is 4.39 Å². The van der Waals surface area contributed by atoms with Crippen LogP contribution in [0.4, 0.5) is 4.39 Å². The number of alkyl halides is 2. The van der Waals surface area contributed by atoms with Crippen LogP contribution in [0, 0.1) is 0 Å². The first-order chi connectivity index (χ1) is 5.64. The molecule has 0 aromatic heterocycles. The highest BCUT2D eigenvalue weighted by Crippen LogP contribution is 2.19. The summed E-state index contributed by atoms with van der Waals surface area (Å²) in [5.41, 5.74) is 0.710. The van der Waals surface area contributed by atoms with E-state index >= 15 is 0 Å². The van der Waals surface area contributed by atoms with Crippen molar-refractivity contribution >= 4 is 17.9 Å². The summed E-state index contributed by atoms with van der Waals surface area (Å²) in [5.74, 6) is 0. The second-order valence-corrected chi connectivity index (χ2v) is 3.17. The van der Waals surface area contributed by atoms with Gasteiger partial charge >= 0.3 is 0 Å². The average molecular weight is 187 g/mol. The third-order valence-corrected chi connectivity index (χ3v) is 1.68. The quantitative estimate of drug-likeness (QED) is 0.523. The van der Waals surface area contributed by atoms with Crippen LogP contribution in [0.1, 0.15) is 5.56 Å². The number of carbonyl (C=O) groups is 1. The molecular weight excluding hydrogens is 179 g/mol. The molecule has 3 heteroatoms. The summed E-state index contributed by atoms with van der Waals surface area (Å²) in [4.78, 5) is 10.1. The maximum absolute atomic E-state index is 12.9. The molecule has 0 saturated carbocycles. The fraction of sp³-hybridized carbons (Fsp3) is 0.222. The summed E-state index contributed by atoms with van der Waals surface area (Å²) < 4.78 is 12.9. The highest BCUT2D eigenvalue weighted by molar-refractivity contribution is 6.30. The van der Waals surface area contributed by atoms with Gasteiger partial charge in [0, 0.05) is 6.42 Å². The zero-order valence-corrected chi connectivity index (χ0v) is 7.09. The minimum Gasteiger partial charge on any atom is -0.298 e. The fourth-order valence-electron chi connectivity index (χ4n) is 0.910. The summed E-state index contributed by atoms with van der Waals surface area (Å²) in [6, 6.07) is 8.80. The number of benzene rings is 1. The molecule has 1 aromatic rings. The predicted octanol–water partition coefficient (Wildman–Crippen LogP) is 2.33. The highest BCUT2D eigenvalue weighted by atomic mass is 35.5. The molecule has 1 rings (SSSR count). The predicted molar refractivity (Wildman–Crippen MR) is 45.9 cm³/mol. The van der Waals surface area contributed by atoms with Crippen LogP contribution in [0.25, 0.3) is 0 Å². The van der Waals surface area contributed by atoms with Gasteiger partial charge in [0.2, 0.25) is 5.13 Å². The Morgan fingerprint density at radius 3 is 2.50 bits per heavy atom. The van der Waals surface area contributed by atoms with E-state index in [1.807, 2.05) is 6.07 Å². The molecule has 0 spiro atoms. The zero-order chi connectivity index (χ0) is 9.03. The Morgan fingerprint density at radius 1 is 1.42 bits per heavy atom. The lowest BCUT2D eigenvalue weighted by molar-refractivity contribution is -0.113. The molecule has 1 atom stereocenters. The summed E-state index contributed by atoms with van der Waals surface area (Å²) in [5, 5.41) is -2.26. The van der Waals surface area contributed by atoms with E-state index in [1.54, 1.807) is 24.3 Å². The molecule has 0 aliphatic carbocycles. The molecule has 0 fully saturated rings. The maximum Gasteiger partial charge on any atom is 0.242 e. The first-order valence-electron chi connectivity index (χ1n) is 3.52. The van der Waals surface area contributed by atoms with E-state index in [0.717, 1.165) is 0 Å². The standard InChI is InChI=1S/C9H8ClFO/c10-9(11,7-12)6-8-4-2-1-3-5-8/h1-5,7H,6H2. The van der Waals surface area contributed by atoms with Gasteiger partial charge in [0.1, 0.15) is 0 Å². The summed E-state index contributed by atoms with van der Waals surface area (Å²) >= 11 is 5.22. The minimum atomic E-state index is -2.26. The third-order valence-electron chi connectivity index (χ3n) is 1.46. The van der Waals surface area contributed by atoms with Crippen LogP contribution >= 0.6 is 11.6 Å². The highest BCUT2D eigenvalue weighted by Gasteiger charge is 2.25. The monoisotopic (exact) mass is 186 g/mol. The van der Waals surface area contributed by atoms with Gasteiger partial charge in [-0.05, 0) is 5.56 Å². The van der Waals surface area contributed by atoms with Crippen LogP contribution in [0.15, 0.2) is 30.3 Å². The van der Waals surface area contributed by atoms with Gasteiger partial charge in [0.05, 0.1) is 0 Å². The largest absolute Gasteiger partial charge is 0.298 e. The van der Waals surface area contributed by atoms with Crippen LogP contribution in [-0.2, 0) is 11.2 Å². The van der Waals surface area contributed by atoms with Gasteiger partial charge in [0.25, 0.3) is 0 Å².